The van der Waals surface area contributed by atoms with Crippen molar-refractivity contribution in [3.63, 3.8) is 0 Å². The lowest BCUT2D eigenvalue weighted by molar-refractivity contribution is -0.123. The van der Waals surface area contributed by atoms with Crippen molar-refractivity contribution in [2.45, 2.75) is 12.5 Å². The van der Waals surface area contributed by atoms with Gasteiger partial charge in [-0.05, 0) is 12.5 Å². The second-order valence-electron chi connectivity index (χ2n) is 3.64. The Labute approximate surface area is 88.4 Å². The number of benzene rings is 1. The number of hydrogen-bond donors (Lipinski definition) is 2. The minimum absolute atomic E-state index is 0.0747. The van der Waals surface area contributed by atoms with Gasteiger partial charge < -0.3 is 5.32 Å². The third-order valence-electron chi connectivity index (χ3n) is 2.63. The van der Waals surface area contributed by atoms with Gasteiger partial charge in [0.1, 0.15) is 5.54 Å². The van der Waals surface area contributed by atoms with Crippen LogP contribution in [0.1, 0.15) is 12.5 Å². The Bertz CT molecular complexity index is 413. The number of rotatable bonds is 1. The molecule has 15 heavy (non-hydrogen) atoms. The van der Waals surface area contributed by atoms with Gasteiger partial charge in [0.15, 0.2) is 5.96 Å². The molecule has 0 saturated carbocycles. The summed E-state index contributed by atoms with van der Waals surface area (Å²) in [5, 5.41) is 5.76. The first-order valence-corrected chi connectivity index (χ1v) is 4.79. The van der Waals surface area contributed by atoms with Crippen molar-refractivity contribution in [3.8, 4) is 0 Å². The van der Waals surface area contributed by atoms with Crippen molar-refractivity contribution in [1.29, 1.82) is 0 Å². The van der Waals surface area contributed by atoms with E-state index in [4.69, 9.17) is 0 Å². The molecule has 1 atom stereocenters. The number of aliphatic imine (C=N–C) groups is 1. The predicted octanol–water partition coefficient (Wildman–Crippen LogP) is 0.607. The summed E-state index contributed by atoms with van der Waals surface area (Å²) in [6.45, 7) is 1.84. The molecule has 1 aromatic carbocycles. The largest absolute Gasteiger partial charge is 0.338 e. The van der Waals surface area contributed by atoms with Crippen LogP contribution < -0.4 is 10.6 Å². The van der Waals surface area contributed by atoms with E-state index in [1.807, 2.05) is 37.3 Å². The average Bonchev–Trinajstić information content (AvgIpc) is 2.57. The predicted molar refractivity (Wildman–Crippen MR) is 58.4 cm³/mol. The van der Waals surface area contributed by atoms with Gasteiger partial charge >= 0.3 is 0 Å². The standard InChI is InChI=1S/C11H13N3O/c1-11(8-6-4-3-5-7-8)9(15)13-10(12-2)14-11/h3-7H,1-2H3,(H2,12,13,14,15). The molecule has 2 N–H and O–H groups in total. The average molecular weight is 203 g/mol. The molecule has 0 spiro atoms. The molecule has 1 amide bonds. The van der Waals surface area contributed by atoms with Crippen LogP contribution in [-0.2, 0) is 10.3 Å². The fraction of sp³-hybridized carbons (Fsp3) is 0.273. The summed E-state index contributed by atoms with van der Waals surface area (Å²) in [4.78, 5) is 15.7. The molecule has 4 nitrogen and oxygen atoms in total. The van der Waals surface area contributed by atoms with Gasteiger partial charge in [0, 0.05) is 7.05 Å². The molecule has 1 aromatic rings. The molecule has 4 heteroatoms. The van der Waals surface area contributed by atoms with Crippen LogP contribution in [0.15, 0.2) is 35.3 Å². The molecule has 1 aliphatic rings. The lowest BCUT2D eigenvalue weighted by atomic mass is 9.92. The van der Waals surface area contributed by atoms with E-state index < -0.39 is 5.54 Å². The molecule has 78 valence electrons. The first kappa shape index (κ1) is 9.71. The SMILES string of the molecule is CN=C1NC(=O)C(C)(c2ccccc2)N1. The highest BCUT2D eigenvalue weighted by Gasteiger charge is 2.41. The van der Waals surface area contributed by atoms with Crippen molar-refractivity contribution < 1.29 is 4.79 Å². The Morgan fingerprint density at radius 2 is 1.93 bits per heavy atom. The number of carbonyl (C=O) groups is 1. The molecule has 1 unspecified atom stereocenters. The zero-order valence-corrected chi connectivity index (χ0v) is 8.74. The van der Waals surface area contributed by atoms with Crippen LogP contribution in [0.25, 0.3) is 0 Å². The van der Waals surface area contributed by atoms with Gasteiger partial charge in [-0.2, -0.15) is 0 Å². The Balaban J connectivity index is 2.40. The minimum Gasteiger partial charge on any atom is -0.338 e. The normalized spacial score (nSPS) is 27.6. The number of guanidine groups is 1. The summed E-state index contributed by atoms with van der Waals surface area (Å²) in [6.07, 6.45) is 0. The highest BCUT2D eigenvalue weighted by Crippen LogP contribution is 2.23. The molecule has 0 bridgehead atoms. The second kappa shape index (κ2) is 3.38. The van der Waals surface area contributed by atoms with Crippen LogP contribution >= 0.6 is 0 Å². The third-order valence-corrected chi connectivity index (χ3v) is 2.63. The van der Waals surface area contributed by atoms with Crippen molar-refractivity contribution in [1.82, 2.24) is 10.6 Å². The van der Waals surface area contributed by atoms with E-state index in [-0.39, 0.29) is 5.91 Å². The zero-order valence-electron chi connectivity index (χ0n) is 8.74. The van der Waals surface area contributed by atoms with Gasteiger partial charge in [0.25, 0.3) is 5.91 Å². The fourth-order valence-corrected chi connectivity index (χ4v) is 1.64. The molecule has 1 fully saturated rings. The number of carbonyl (C=O) groups excluding carboxylic acids is 1. The van der Waals surface area contributed by atoms with Gasteiger partial charge in [0.05, 0.1) is 0 Å². The lowest BCUT2D eigenvalue weighted by Crippen LogP contribution is -2.40. The summed E-state index contributed by atoms with van der Waals surface area (Å²) < 4.78 is 0. The van der Waals surface area contributed by atoms with Crippen LogP contribution in [0.3, 0.4) is 0 Å². The molecular weight excluding hydrogens is 190 g/mol. The Hall–Kier alpha value is -1.84. The molecule has 0 aliphatic carbocycles. The molecule has 0 aromatic heterocycles. The Kier molecular flexibility index (Phi) is 2.19. The third kappa shape index (κ3) is 1.48. The van der Waals surface area contributed by atoms with E-state index in [2.05, 4.69) is 15.6 Å². The van der Waals surface area contributed by atoms with Gasteiger partial charge in [-0.1, -0.05) is 30.3 Å². The zero-order chi connectivity index (χ0) is 10.9. The van der Waals surface area contributed by atoms with E-state index in [9.17, 15) is 4.79 Å². The summed E-state index contributed by atoms with van der Waals surface area (Å²) in [5.41, 5.74) is 0.219. The second-order valence-corrected chi connectivity index (χ2v) is 3.64. The summed E-state index contributed by atoms with van der Waals surface area (Å²) >= 11 is 0. The number of nitrogens with zero attached hydrogens (tertiary/aromatic N) is 1. The molecule has 2 rings (SSSR count). The van der Waals surface area contributed by atoms with E-state index in [1.165, 1.54) is 0 Å². The highest BCUT2D eigenvalue weighted by atomic mass is 16.2. The molecule has 1 saturated heterocycles. The fourth-order valence-electron chi connectivity index (χ4n) is 1.64. The maximum absolute atomic E-state index is 11.8. The highest BCUT2D eigenvalue weighted by molar-refractivity contribution is 6.09. The van der Waals surface area contributed by atoms with Gasteiger partial charge in [-0.15, -0.1) is 0 Å². The topological polar surface area (TPSA) is 53.5 Å². The van der Waals surface area contributed by atoms with Crippen molar-refractivity contribution in [2.75, 3.05) is 7.05 Å². The van der Waals surface area contributed by atoms with Gasteiger partial charge in [0.2, 0.25) is 0 Å². The number of amides is 1. The lowest BCUT2D eigenvalue weighted by Gasteiger charge is -2.21. The summed E-state index contributed by atoms with van der Waals surface area (Å²) in [6, 6.07) is 9.60. The Morgan fingerprint density at radius 3 is 2.47 bits per heavy atom. The number of hydrogen-bond acceptors (Lipinski definition) is 2. The first-order chi connectivity index (χ1) is 7.16. The van der Waals surface area contributed by atoms with Crippen molar-refractivity contribution >= 4 is 11.9 Å². The van der Waals surface area contributed by atoms with Crippen LogP contribution in [0.4, 0.5) is 0 Å². The maximum Gasteiger partial charge on any atom is 0.256 e. The number of nitrogens with one attached hydrogen (secondary N) is 2. The molecule has 0 radical (unpaired) electrons. The van der Waals surface area contributed by atoms with Crippen molar-refractivity contribution in [2.24, 2.45) is 4.99 Å². The van der Waals surface area contributed by atoms with Gasteiger partial charge in [-0.3, -0.25) is 15.1 Å². The monoisotopic (exact) mass is 203 g/mol. The van der Waals surface area contributed by atoms with Crippen molar-refractivity contribution in [3.05, 3.63) is 35.9 Å². The van der Waals surface area contributed by atoms with Crippen LogP contribution in [0, 0.1) is 0 Å². The molecule has 1 heterocycles. The van der Waals surface area contributed by atoms with Crippen LogP contribution in [0.2, 0.25) is 0 Å². The summed E-state index contributed by atoms with van der Waals surface area (Å²) in [5.74, 6) is 0.445. The smallest absolute Gasteiger partial charge is 0.256 e. The minimum atomic E-state index is -0.712. The van der Waals surface area contributed by atoms with E-state index in [0.29, 0.717) is 5.96 Å². The van der Waals surface area contributed by atoms with E-state index in [1.54, 1.807) is 7.05 Å². The van der Waals surface area contributed by atoms with Crippen LogP contribution in [0.5, 0.6) is 0 Å². The molecule has 1 aliphatic heterocycles. The quantitative estimate of drug-likeness (QED) is 0.702. The van der Waals surface area contributed by atoms with E-state index in [0.717, 1.165) is 5.56 Å². The summed E-state index contributed by atoms with van der Waals surface area (Å²) in [7, 11) is 1.64. The van der Waals surface area contributed by atoms with E-state index >= 15 is 0 Å². The Morgan fingerprint density at radius 1 is 1.27 bits per heavy atom. The molecular formula is C11H13N3O. The van der Waals surface area contributed by atoms with Crippen LogP contribution in [-0.4, -0.2) is 18.9 Å². The first-order valence-electron chi connectivity index (χ1n) is 4.79. The van der Waals surface area contributed by atoms with Gasteiger partial charge in [-0.25, -0.2) is 0 Å². The maximum atomic E-state index is 11.8.